The van der Waals surface area contributed by atoms with Gasteiger partial charge in [-0.1, -0.05) is 6.92 Å². The number of piperidine rings is 1. The second kappa shape index (κ2) is 4.95. The number of anilines is 1. The van der Waals surface area contributed by atoms with Gasteiger partial charge in [-0.15, -0.1) is 11.6 Å². The Labute approximate surface area is 128 Å². The van der Waals surface area contributed by atoms with E-state index in [-0.39, 0.29) is 5.38 Å². The zero-order valence-corrected chi connectivity index (χ0v) is 12.6. The fourth-order valence-corrected chi connectivity index (χ4v) is 3.29. The molecular weight excluding hydrogens is 288 g/mol. The third kappa shape index (κ3) is 2.18. The molecule has 1 aromatic carbocycles. The number of pyridine rings is 1. The standard InChI is InChI=1S/C16H17ClN2O2/c1-10-8-19(5-3-13(10)17)16-12-7-15-14(20-9-21-15)6-11(12)2-4-18-16/h2,4,6-7,10,13H,3,5,8-9H2,1H3. The quantitative estimate of drug-likeness (QED) is 0.756. The van der Waals surface area contributed by atoms with Gasteiger partial charge < -0.3 is 14.4 Å². The molecule has 0 spiro atoms. The van der Waals surface area contributed by atoms with Crippen molar-refractivity contribution < 1.29 is 9.47 Å². The molecule has 2 aliphatic rings. The molecular formula is C16H17ClN2O2. The van der Waals surface area contributed by atoms with Gasteiger partial charge in [0.2, 0.25) is 6.79 Å². The summed E-state index contributed by atoms with van der Waals surface area (Å²) in [6, 6.07) is 6.08. The van der Waals surface area contributed by atoms with Crippen molar-refractivity contribution in [2.75, 3.05) is 24.8 Å². The highest BCUT2D eigenvalue weighted by molar-refractivity contribution is 6.20. The number of rotatable bonds is 1. The molecule has 0 saturated carbocycles. The van der Waals surface area contributed by atoms with Crippen LogP contribution in [-0.2, 0) is 0 Å². The maximum Gasteiger partial charge on any atom is 0.231 e. The Balaban J connectivity index is 1.78. The molecule has 2 aliphatic heterocycles. The van der Waals surface area contributed by atoms with Gasteiger partial charge in [0.1, 0.15) is 5.82 Å². The molecule has 1 saturated heterocycles. The van der Waals surface area contributed by atoms with E-state index in [1.807, 2.05) is 24.4 Å². The van der Waals surface area contributed by atoms with E-state index >= 15 is 0 Å². The molecule has 2 atom stereocenters. The van der Waals surface area contributed by atoms with Crippen molar-refractivity contribution in [1.82, 2.24) is 4.98 Å². The van der Waals surface area contributed by atoms with Gasteiger partial charge >= 0.3 is 0 Å². The van der Waals surface area contributed by atoms with Gasteiger partial charge in [0.25, 0.3) is 0 Å². The molecule has 110 valence electrons. The third-order valence-corrected chi connectivity index (χ3v) is 4.99. The monoisotopic (exact) mass is 304 g/mol. The SMILES string of the molecule is CC1CN(c2nccc3cc4c(cc23)OCO4)CCC1Cl. The molecule has 0 radical (unpaired) electrons. The lowest BCUT2D eigenvalue weighted by Crippen LogP contribution is -2.40. The lowest BCUT2D eigenvalue weighted by molar-refractivity contribution is 0.174. The molecule has 1 aromatic heterocycles. The summed E-state index contributed by atoms with van der Waals surface area (Å²) in [6.45, 7) is 4.38. The number of hydrogen-bond acceptors (Lipinski definition) is 4. The van der Waals surface area contributed by atoms with Crippen LogP contribution in [0.4, 0.5) is 5.82 Å². The minimum atomic E-state index is 0.261. The van der Waals surface area contributed by atoms with E-state index in [1.165, 1.54) is 0 Å². The van der Waals surface area contributed by atoms with Crippen LogP contribution in [0.1, 0.15) is 13.3 Å². The number of fused-ring (bicyclic) bond motifs is 2. The first-order chi connectivity index (χ1) is 10.2. The van der Waals surface area contributed by atoms with Gasteiger partial charge in [0.15, 0.2) is 11.5 Å². The second-order valence-electron chi connectivity index (χ2n) is 5.79. The first-order valence-corrected chi connectivity index (χ1v) is 7.73. The van der Waals surface area contributed by atoms with Crippen LogP contribution in [0.3, 0.4) is 0 Å². The van der Waals surface area contributed by atoms with Crippen LogP contribution in [0, 0.1) is 5.92 Å². The van der Waals surface area contributed by atoms with Gasteiger partial charge in [-0.3, -0.25) is 0 Å². The maximum atomic E-state index is 6.33. The number of alkyl halides is 1. The Hall–Kier alpha value is -1.68. The van der Waals surface area contributed by atoms with Gasteiger partial charge in [0.05, 0.1) is 0 Å². The average molecular weight is 305 g/mol. The predicted molar refractivity (Wildman–Crippen MR) is 83.5 cm³/mol. The van der Waals surface area contributed by atoms with Crippen LogP contribution in [0.15, 0.2) is 24.4 Å². The zero-order chi connectivity index (χ0) is 14.4. The van der Waals surface area contributed by atoms with Gasteiger partial charge in [0, 0.05) is 30.0 Å². The number of benzene rings is 1. The minimum Gasteiger partial charge on any atom is -0.454 e. The van der Waals surface area contributed by atoms with Crippen molar-refractivity contribution >= 4 is 28.2 Å². The van der Waals surface area contributed by atoms with Crippen LogP contribution in [0.5, 0.6) is 11.5 Å². The molecule has 4 nitrogen and oxygen atoms in total. The Kier molecular flexibility index (Phi) is 3.07. The molecule has 21 heavy (non-hydrogen) atoms. The van der Waals surface area contributed by atoms with Crippen molar-refractivity contribution in [2.24, 2.45) is 5.92 Å². The molecule has 0 aliphatic carbocycles. The van der Waals surface area contributed by atoms with E-state index in [2.05, 4.69) is 16.8 Å². The highest BCUT2D eigenvalue weighted by Gasteiger charge is 2.26. The van der Waals surface area contributed by atoms with E-state index < -0.39 is 0 Å². The fraction of sp³-hybridized carbons (Fsp3) is 0.438. The molecule has 2 aromatic rings. The largest absolute Gasteiger partial charge is 0.454 e. The first-order valence-electron chi connectivity index (χ1n) is 7.30. The highest BCUT2D eigenvalue weighted by atomic mass is 35.5. The molecule has 4 rings (SSSR count). The Bertz CT molecular complexity index is 691. The lowest BCUT2D eigenvalue weighted by atomic mass is 9.99. The van der Waals surface area contributed by atoms with Crippen molar-refractivity contribution in [3.63, 3.8) is 0 Å². The zero-order valence-electron chi connectivity index (χ0n) is 11.9. The van der Waals surface area contributed by atoms with Crippen LogP contribution < -0.4 is 14.4 Å². The Morgan fingerprint density at radius 2 is 2.10 bits per heavy atom. The number of ether oxygens (including phenoxy) is 2. The van der Waals surface area contributed by atoms with Crippen molar-refractivity contribution in [3.8, 4) is 11.5 Å². The van der Waals surface area contributed by atoms with Crippen LogP contribution >= 0.6 is 11.6 Å². The summed E-state index contributed by atoms with van der Waals surface area (Å²) in [7, 11) is 0. The van der Waals surface area contributed by atoms with E-state index in [0.29, 0.717) is 12.7 Å². The summed E-state index contributed by atoms with van der Waals surface area (Å²) in [4.78, 5) is 6.93. The molecule has 2 unspecified atom stereocenters. The van der Waals surface area contributed by atoms with E-state index in [4.69, 9.17) is 21.1 Å². The smallest absolute Gasteiger partial charge is 0.231 e. The van der Waals surface area contributed by atoms with Crippen molar-refractivity contribution in [1.29, 1.82) is 0 Å². The number of halogens is 1. The summed E-state index contributed by atoms with van der Waals surface area (Å²) in [5.41, 5.74) is 0. The Morgan fingerprint density at radius 1 is 1.29 bits per heavy atom. The topological polar surface area (TPSA) is 34.6 Å². The fourth-order valence-electron chi connectivity index (χ4n) is 3.11. The molecule has 0 bridgehead atoms. The molecule has 3 heterocycles. The second-order valence-corrected chi connectivity index (χ2v) is 6.35. The van der Waals surface area contributed by atoms with Crippen molar-refractivity contribution in [3.05, 3.63) is 24.4 Å². The van der Waals surface area contributed by atoms with E-state index in [0.717, 1.165) is 47.6 Å². The predicted octanol–water partition coefficient (Wildman–Crippen LogP) is 3.42. The minimum absolute atomic E-state index is 0.261. The summed E-state index contributed by atoms with van der Waals surface area (Å²) in [5, 5.41) is 2.50. The van der Waals surface area contributed by atoms with E-state index in [9.17, 15) is 0 Å². The average Bonchev–Trinajstić information content (AvgIpc) is 2.94. The van der Waals surface area contributed by atoms with E-state index in [1.54, 1.807) is 0 Å². The lowest BCUT2D eigenvalue weighted by Gasteiger charge is -2.35. The van der Waals surface area contributed by atoms with Gasteiger partial charge in [-0.2, -0.15) is 0 Å². The normalized spacial score (nSPS) is 24.6. The van der Waals surface area contributed by atoms with Crippen LogP contribution in [0.25, 0.3) is 10.8 Å². The van der Waals surface area contributed by atoms with Crippen LogP contribution in [0.2, 0.25) is 0 Å². The number of hydrogen-bond donors (Lipinski definition) is 0. The molecule has 0 N–H and O–H groups in total. The summed E-state index contributed by atoms with van der Waals surface area (Å²) in [6.07, 6.45) is 2.85. The van der Waals surface area contributed by atoms with Crippen LogP contribution in [-0.4, -0.2) is 30.2 Å². The summed E-state index contributed by atoms with van der Waals surface area (Å²) >= 11 is 6.33. The number of nitrogens with zero attached hydrogens (tertiary/aromatic N) is 2. The molecule has 5 heteroatoms. The summed E-state index contributed by atoms with van der Waals surface area (Å²) in [5.74, 6) is 3.09. The maximum absolute atomic E-state index is 6.33. The van der Waals surface area contributed by atoms with Gasteiger partial charge in [-0.25, -0.2) is 4.98 Å². The summed E-state index contributed by atoms with van der Waals surface area (Å²) < 4.78 is 10.9. The number of aromatic nitrogens is 1. The van der Waals surface area contributed by atoms with Gasteiger partial charge in [-0.05, 0) is 35.9 Å². The highest BCUT2D eigenvalue weighted by Crippen LogP contribution is 2.39. The first kappa shape index (κ1) is 13.0. The Morgan fingerprint density at radius 3 is 2.90 bits per heavy atom. The molecule has 0 amide bonds. The molecule has 1 fully saturated rings. The third-order valence-electron chi connectivity index (χ3n) is 4.34. The van der Waals surface area contributed by atoms with Crippen molar-refractivity contribution in [2.45, 2.75) is 18.7 Å².